The lowest BCUT2D eigenvalue weighted by molar-refractivity contribution is 0.603. The second-order valence-corrected chi connectivity index (χ2v) is 3.56. The van der Waals surface area contributed by atoms with E-state index in [1.54, 1.807) is 5.38 Å². The van der Waals surface area contributed by atoms with Gasteiger partial charge in [-0.3, -0.25) is 0 Å². The van der Waals surface area contributed by atoms with Crippen LogP contribution in [-0.4, -0.2) is 4.98 Å². The molecule has 1 aromatic heterocycles. The number of aromatic nitrogens is 1. The van der Waals surface area contributed by atoms with Crippen molar-refractivity contribution >= 4 is 17.2 Å². The Hall–Kier alpha value is -1.49. The van der Waals surface area contributed by atoms with Crippen molar-refractivity contribution in [2.75, 3.05) is 5.73 Å². The Morgan fingerprint density at radius 3 is 2.71 bits per heavy atom. The minimum Gasteiger partial charge on any atom is -0.383 e. The summed E-state index contributed by atoms with van der Waals surface area (Å²) in [6.07, 6.45) is 0. The van der Waals surface area contributed by atoms with Gasteiger partial charge in [0.15, 0.2) is 0 Å². The molecule has 0 fully saturated rings. The minimum absolute atomic E-state index is 0.145. The van der Waals surface area contributed by atoms with Gasteiger partial charge in [0.2, 0.25) is 0 Å². The Morgan fingerprint density at radius 2 is 2.07 bits per heavy atom. The molecule has 0 aliphatic heterocycles. The van der Waals surface area contributed by atoms with Gasteiger partial charge in [-0.1, -0.05) is 0 Å². The summed E-state index contributed by atoms with van der Waals surface area (Å²) in [5.74, 6) is -0.676. The van der Waals surface area contributed by atoms with Gasteiger partial charge < -0.3 is 5.73 Å². The highest BCUT2D eigenvalue weighted by atomic mass is 32.1. The van der Waals surface area contributed by atoms with Gasteiger partial charge in [-0.05, 0) is 18.2 Å². The number of nitrogens with zero attached hydrogens (tertiary/aromatic N) is 1. The molecule has 0 saturated carbocycles. The van der Waals surface area contributed by atoms with E-state index in [9.17, 15) is 8.78 Å². The normalized spacial score (nSPS) is 10.4. The number of anilines is 1. The summed E-state index contributed by atoms with van der Waals surface area (Å²) >= 11 is 1.18. The fourth-order valence-electron chi connectivity index (χ4n) is 1.07. The maximum atomic E-state index is 13.2. The van der Waals surface area contributed by atoms with Crippen molar-refractivity contribution in [3.63, 3.8) is 0 Å². The molecule has 0 aliphatic rings. The van der Waals surface area contributed by atoms with E-state index in [0.717, 1.165) is 18.2 Å². The summed E-state index contributed by atoms with van der Waals surface area (Å²) < 4.78 is 26.0. The molecule has 0 radical (unpaired) electrons. The molecule has 1 aromatic carbocycles. The molecule has 2 nitrogen and oxygen atoms in total. The standard InChI is InChI=1S/C9H6F2N2S/c10-5-1-2-7(11)6(3-5)9-13-8(12)4-14-9/h1-4H,12H2. The maximum Gasteiger partial charge on any atom is 0.135 e. The second kappa shape index (κ2) is 3.34. The van der Waals surface area contributed by atoms with E-state index < -0.39 is 11.6 Å². The van der Waals surface area contributed by atoms with E-state index >= 15 is 0 Å². The van der Waals surface area contributed by atoms with Crippen LogP contribution in [0.4, 0.5) is 14.6 Å². The molecule has 2 rings (SSSR count). The SMILES string of the molecule is Nc1csc(-c2cc(F)ccc2F)n1. The third-order valence-corrected chi connectivity index (χ3v) is 2.57. The van der Waals surface area contributed by atoms with Crippen LogP contribution in [0, 0.1) is 11.6 Å². The van der Waals surface area contributed by atoms with Crippen molar-refractivity contribution < 1.29 is 8.78 Å². The van der Waals surface area contributed by atoms with Crippen molar-refractivity contribution in [1.29, 1.82) is 0 Å². The first-order valence-electron chi connectivity index (χ1n) is 3.83. The van der Waals surface area contributed by atoms with Crippen LogP contribution in [0.15, 0.2) is 23.6 Å². The second-order valence-electron chi connectivity index (χ2n) is 2.70. The van der Waals surface area contributed by atoms with Crippen molar-refractivity contribution in [2.45, 2.75) is 0 Å². The minimum atomic E-state index is -0.499. The summed E-state index contributed by atoms with van der Waals surface area (Å²) in [7, 11) is 0. The van der Waals surface area contributed by atoms with E-state index in [2.05, 4.69) is 4.98 Å². The molecule has 0 atom stereocenters. The zero-order valence-electron chi connectivity index (χ0n) is 7.00. The van der Waals surface area contributed by atoms with Crippen LogP contribution in [0.2, 0.25) is 0 Å². The van der Waals surface area contributed by atoms with Gasteiger partial charge in [0.1, 0.15) is 22.5 Å². The number of nitrogen functional groups attached to an aromatic ring is 1. The quantitative estimate of drug-likeness (QED) is 0.789. The number of rotatable bonds is 1. The average molecular weight is 212 g/mol. The smallest absolute Gasteiger partial charge is 0.135 e. The third-order valence-electron chi connectivity index (χ3n) is 1.68. The van der Waals surface area contributed by atoms with Gasteiger partial charge in [-0.15, -0.1) is 11.3 Å². The number of hydrogen-bond donors (Lipinski definition) is 1. The summed E-state index contributed by atoms with van der Waals surface area (Å²) in [5, 5.41) is 1.97. The highest BCUT2D eigenvalue weighted by Gasteiger charge is 2.09. The molecule has 0 amide bonds. The Labute approximate surface area is 83.0 Å². The lowest BCUT2D eigenvalue weighted by atomic mass is 10.2. The van der Waals surface area contributed by atoms with E-state index in [0.29, 0.717) is 10.8 Å². The molecule has 5 heteroatoms. The molecule has 0 bridgehead atoms. The van der Waals surface area contributed by atoms with Gasteiger partial charge in [0.05, 0.1) is 0 Å². The van der Waals surface area contributed by atoms with Crippen LogP contribution in [0.1, 0.15) is 0 Å². The van der Waals surface area contributed by atoms with Gasteiger partial charge >= 0.3 is 0 Å². The molecule has 1 heterocycles. The summed E-state index contributed by atoms with van der Waals surface area (Å²) in [6, 6.07) is 3.24. The topological polar surface area (TPSA) is 38.9 Å². The first-order chi connectivity index (χ1) is 6.66. The molecule has 0 unspecified atom stereocenters. The number of thiazole rings is 1. The predicted octanol–water partition coefficient (Wildman–Crippen LogP) is 2.67. The van der Waals surface area contributed by atoms with E-state index in [4.69, 9.17) is 5.73 Å². The Balaban J connectivity index is 2.55. The van der Waals surface area contributed by atoms with Crippen molar-refractivity contribution in [3.8, 4) is 10.6 Å². The van der Waals surface area contributed by atoms with Crippen LogP contribution < -0.4 is 5.73 Å². The Morgan fingerprint density at radius 1 is 1.29 bits per heavy atom. The highest BCUT2D eigenvalue weighted by molar-refractivity contribution is 7.13. The summed E-state index contributed by atoms with van der Waals surface area (Å²) in [5.41, 5.74) is 5.53. The first-order valence-corrected chi connectivity index (χ1v) is 4.71. The van der Waals surface area contributed by atoms with E-state index in [-0.39, 0.29) is 5.56 Å². The fourth-order valence-corrected chi connectivity index (χ4v) is 1.80. The highest BCUT2D eigenvalue weighted by Crippen LogP contribution is 2.27. The van der Waals surface area contributed by atoms with Crippen LogP contribution in [0.5, 0.6) is 0 Å². The van der Waals surface area contributed by atoms with Crippen LogP contribution in [0.3, 0.4) is 0 Å². The fraction of sp³-hybridized carbons (Fsp3) is 0. The molecule has 14 heavy (non-hydrogen) atoms. The van der Waals surface area contributed by atoms with Crippen molar-refractivity contribution in [1.82, 2.24) is 4.98 Å². The van der Waals surface area contributed by atoms with Gasteiger partial charge in [0, 0.05) is 10.9 Å². The van der Waals surface area contributed by atoms with Crippen molar-refractivity contribution in [3.05, 3.63) is 35.2 Å². The first kappa shape index (κ1) is 9.08. The number of hydrogen-bond acceptors (Lipinski definition) is 3. The number of halogens is 2. The zero-order chi connectivity index (χ0) is 10.1. The molecular formula is C9H6F2N2S. The summed E-state index contributed by atoms with van der Waals surface area (Å²) in [6.45, 7) is 0. The maximum absolute atomic E-state index is 13.2. The van der Waals surface area contributed by atoms with Gasteiger partial charge in [0.25, 0.3) is 0 Å². The lowest BCUT2D eigenvalue weighted by Crippen LogP contribution is -1.87. The van der Waals surface area contributed by atoms with Crippen LogP contribution >= 0.6 is 11.3 Å². The number of nitrogens with two attached hydrogens (primary N) is 1. The molecule has 0 saturated heterocycles. The zero-order valence-corrected chi connectivity index (χ0v) is 7.81. The van der Waals surface area contributed by atoms with E-state index in [1.807, 2.05) is 0 Å². The molecule has 0 aliphatic carbocycles. The predicted molar refractivity (Wildman–Crippen MR) is 51.9 cm³/mol. The summed E-state index contributed by atoms with van der Waals surface area (Å²) in [4.78, 5) is 3.87. The largest absolute Gasteiger partial charge is 0.383 e. The Bertz CT molecular complexity index is 468. The molecule has 2 N–H and O–H groups in total. The molecular weight excluding hydrogens is 206 g/mol. The monoisotopic (exact) mass is 212 g/mol. The van der Waals surface area contributed by atoms with Crippen LogP contribution in [0.25, 0.3) is 10.6 Å². The lowest BCUT2D eigenvalue weighted by Gasteiger charge is -1.98. The molecule has 0 spiro atoms. The number of benzene rings is 1. The Kier molecular flexibility index (Phi) is 2.17. The van der Waals surface area contributed by atoms with Gasteiger partial charge in [-0.25, -0.2) is 13.8 Å². The van der Waals surface area contributed by atoms with E-state index in [1.165, 1.54) is 11.3 Å². The van der Waals surface area contributed by atoms with Gasteiger partial charge in [-0.2, -0.15) is 0 Å². The average Bonchev–Trinajstić information content (AvgIpc) is 2.56. The van der Waals surface area contributed by atoms with Crippen LogP contribution in [-0.2, 0) is 0 Å². The third kappa shape index (κ3) is 1.58. The van der Waals surface area contributed by atoms with Crippen molar-refractivity contribution in [2.24, 2.45) is 0 Å². The molecule has 72 valence electrons. The molecule has 2 aromatic rings.